The molecule has 0 radical (unpaired) electrons. The summed E-state index contributed by atoms with van der Waals surface area (Å²) in [6, 6.07) is 0. The number of amidine groups is 1. The average Bonchev–Trinajstić information content (AvgIpc) is 3.11. The molecule has 0 bridgehead atoms. The quantitative estimate of drug-likeness (QED) is 0.648. The largest absolute Gasteiger partial charge is 0.365 e. The summed E-state index contributed by atoms with van der Waals surface area (Å²) in [6.45, 7) is 3.88. The van der Waals surface area contributed by atoms with E-state index in [1.165, 1.54) is 23.5 Å². The van der Waals surface area contributed by atoms with E-state index in [-0.39, 0.29) is 17.2 Å². The number of nitrogens with one attached hydrogen (secondary N) is 2. The summed E-state index contributed by atoms with van der Waals surface area (Å²) in [5.41, 5.74) is 0.628. The number of aliphatic imine (C=N–C) groups is 1. The molecule has 0 aliphatic carbocycles. The summed E-state index contributed by atoms with van der Waals surface area (Å²) in [5.74, 6) is 0.421. The van der Waals surface area contributed by atoms with Crippen LogP contribution in [0.15, 0.2) is 11.2 Å². The minimum absolute atomic E-state index is 0.0647. The molecule has 5 nitrogen and oxygen atoms in total. The van der Waals surface area contributed by atoms with E-state index >= 15 is 0 Å². The molecule has 122 valence electrons. The third kappa shape index (κ3) is 3.55. The maximum Gasteiger partial charge on any atom is 0.180 e. The van der Waals surface area contributed by atoms with Gasteiger partial charge < -0.3 is 9.72 Å². The van der Waals surface area contributed by atoms with Crippen LogP contribution in [0.4, 0.5) is 4.39 Å². The van der Waals surface area contributed by atoms with Crippen LogP contribution in [0, 0.1) is 11.3 Å². The van der Waals surface area contributed by atoms with Crippen molar-refractivity contribution in [2.24, 2.45) is 10.9 Å². The van der Waals surface area contributed by atoms with Gasteiger partial charge in [-0.15, -0.1) is 11.8 Å². The highest BCUT2D eigenvalue weighted by Crippen LogP contribution is 2.39. The lowest BCUT2D eigenvalue weighted by Gasteiger charge is -2.11. The Morgan fingerprint density at radius 2 is 2.23 bits per heavy atom. The number of hydrogen-bond acceptors (Lipinski definition) is 5. The molecule has 0 aromatic carbocycles. The number of aromatic nitrogens is 2. The maximum atomic E-state index is 14.4. The topological polar surface area (TPSA) is 74.1 Å². The second kappa shape index (κ2) is 7.61. The Balaban J connectivity index is 2.21. The van der Waals surface area contributed by atoms with Gasteiger partial charge >= 0.3 is 0 Å². The Hall–Kier alpha value is -0.860. The monoisotopic (exact) mass is 344 g/mol. The van der Waals surface area contributed by atoms with Crippen LogP contribution in [0.2, 0.25) is 0 Å². The van der Waals surface area contributed by atoms with Crippen LogP contribution in [-0.2, 0) is 4.74 Å². The third-order valence-electron chi connectivity index (χ3n) is 3.80. The number of H-pyrrole nitrogens is 1. The van der Waals surface area contributed by atoms with Crippen LogP contribution < -0.4 is 0 Å². The van der Waals surface area contributed by atoms with Gasteiger partial charge in [0.2, 0.25) is 0 Å². The van der Waals surface area contributed by atoms with Crippen LogP contribution in [0.1, 0.15) is 37.9 Å². The van der Waals surface area contributed by atoms with E-state index < -0.39 is 12.3 Å². The second-order valence-corrected chi connectivity index (χ2v) is 6.71. The van der Waals surface area contributed by atoms with E-state index in [4.69, 9.17) is 10.1 Å². The normalized spacial score (nSPS) is 29.0. The van der Waals surface area contributed by atoms with Gasteiger partial charge in [-0.25, -0.2) is 14.4 Å². The predicted molar refractivity (Wildman–Crippen MR) is 91.8 cm³/mol. The summed E-state index contributed by atoms with van der Waals surface area (Å²) >= 11 is 2.65. The van der Waals surface area contributed by atoms with Crippen molar-refractivity contribution in [1.82, 2.24) is 9.97 Å². The van der Waals surface area contributed by atoms with Gasteiger partial charge in [-0.1, -0.05) is 25.6 Å². The summed E-state index contributed by atoms with van der Waals surface area (Å²) in [6.07, 6.45) is 4.34. The van der Waals surface area contributed by atoms with Crippen LogP contribution in [0.5, 0.6) is 0 Å². The molecule has 1 saturated heterocycles. The zero-order valence-corrected chi connectivity index (χ0v) is 14.7. The Morgan fingerprint density at radius 3 is 2.77 bits per heavy atom. The minimum atomic E-state index is -1.04. The molecule has 0 spiro atoms. The molecule has 2 heterocycles. The second-order valence-electron chi connectivity index (χ2n) is 5.12. The summed E-state index contributed by atoms with van der Waals surface area (Å²) in [5, 5.41) is 8.46. The van der Waals surface area contributed by atoms with E-state index in [9.17, 15) is 4.39 Å². The van der Waals surface area contributed by atoms with Gasteiger partial charge in [-0.2, -0.15) is 0 Å². The average molecular weight is 344 g/mol. The molecule has 22 heavy (non-hydrogen) atoms. The van der Waals surface area contributed by atoms with Crippen LogP contribution in [-0.4, -0.2) is 45.0 Å². The van der Waals surface area contributed by atoms with E-state index in [2.05, 4.69) is 15.0 Å². The molecule has 8 heteroatoms. The highest BCUT2D eigenvalue weighted by molar-refractivity contribution is 8.15. The number of rotatable bonds is 3. The smallest absolute Gasteiger partial charge is 0.180 e. The molecule has 0 saturated carbocycles. The van der Waals surface area contributed by atoms with Crippen LogP contribution in [0.25, 0.3) is 0 Å². The SMILES string of the molecule is CC[C@H]1O[C@@H](c2cnc(/C(=N\C(=N)SC)SC)[nH]2)[C@H](F)[C@@H]1C. The van der Waals surface area contributed by atoms with Gasteiger partial charge in [0, 0.05) is 5.92 Å². The Kier molecular flexibility index (Phi) is 6.05. The Bertz CT molecular complexity index is 563. The van der Waals surface area contributed by atoms with Crippen molar-refractivity contribution in [3.8, 4) is 0 Å². The molecular formula is C14H21FN4OS2. The van der Waals surface area contributed by atoms with Gasteiger partial charge in [0.1, 0.15) is 17.3 Å². The first-order valence-corrected chi connectivity index (χ1v) is 9.56. The number of imidazole rings is 1. The third-order valence-corrected chi connectivity index (χ3v) is 4.95. The molecule has 2 rings (SSSR count). The van der Waals surface area contributed by atoms with Gasteiger partial charge in [0.05, 0.1) is 18.0 Å². The molecule has 2 N–H and O–H groups in total. The number of thioether (sulfide) groups is 2. The number of hydrogen-bond donors (Lipinski definition) is 2. The van der Waals surface area contributed by atoms with Crippen molar-refractivity contribution in [2.75, 3.05) is 12.5 Å². The Labute approximate surface area is 138 Å². The zero-order chi connectivity index (χ0) is 16.3. The molecule has 1 aromatic heterocycles. The highest BCUT2D eigenvalue weighted by Gasteiger charge is 2.42. The first-order chi connectivity index (χ1) is 10.5. The first-order valence-electron chi connectivity index (χ1n) is 7.11. The van der Waals surface area contributed by atoms with Crippen molar-refractivity contribution in [3.05, 3.63) is 17.7 Å². The predicted octanol–water partition coefficient (Wildman–Crippen LogP) is 3.64. The molecule has 1 fully saturated rings. The highest BCUT2D eigenvalue weighted by atomic mass is 32.2. The fourth-order valence-corrected chi connectivity index (χ4v) is 3.22. The molecule has 0 unspecified atom stereocenters. The molecular weight excluding hydrogens is 323 g/mol. The van der Waals surface area contributed by atoms with E-state index in [1.54, 1.807) is 12.5 Å². The number of aromatic amines is 1. The lowest BCUT2D eigenvalue weighted by atomic mass is 9.97. The van der Waals surface area contributed by atoms with Crippen LogP contribution in [0.3, 0.4) is 0 Å². The molecule has 1 aromatic rings. The lowest BCUT2D eigenvalue weighted by Crippen LogP contribution is -2.17. The molecule has 1 aliphatic rings. The van der Waals surface area contributed by atoms with Gasteiger partial charge in [-0.05, 0) is 18.9 Å². The Morgan fingerprint density at radius 1 is 1.50 bits per heavy atom. The van der Waals surface area contributed by atoms with Crippen molar-refractivity contribution < 1.29 is 9.13 Å². The number of alkyl halides is 1. The van der Waals surface area contributed by atoms with E-state index in [0.717, 1.165) is 6.42 Å². The number of nitrogens with zero attached hydrogens (tertiary/aromatic N) is 2. The van der Waals surface area contributed by atoms with Crippen molar-refractivity contribution in [3.63, 3.8) is 0 Å². The van der Waals surface area contributed by atoms with Gasteiger partial charge in [-0.3, -0.25) is 5.41 Å². The number of halogens is 1. The fourth-order valence-electron chi connectivity index (χ4n) is 2.50. The van der Waals surface area contributed by atoms with Crippen molar-refractivity contribution >= 4 is 33.7 Å². The zero-order valence-electron chi connectivity index (χ0n) is 13.1. The fraction of sp³-hybridized carbons (Fsp3) is 0.643. The number of ether oxygens (including phenoxy) is 1. The standard InChI is InChI=1S/C14H21FN4OS2/c1-5-9-7(2)10(15)11(20-9)8-6-17-12(18-8)13(21-3)19-14(16)22-4/h6-7,9-11,16H,5H2,1-4H3,(H,17,18)/b16-14?,19-13+/t7-,9-,10-,11+/m1/s1. The first kappa shape index (κ1) is 17.5. The van der Waals surface area contributed by atoms with E-state index in [0.29, 0.717) is 16.6 Å². The molecule has 0 amide bonds. The minimum Gasteiger partial charge on any atom is -0.365 e. The van der Waals surface area contributed by atoms with Crippen LogP contribution >= 0.6 is 23.5 Å². The summed E-state index contributed by atoms with van der Waals surface area (Å²) in [4.78, 5) is 11.6. The van der Waals surface area contributed by atoms with Crippen molar-refractivity contribution in [1.29, 1.82) is 5.41 Å². The summed E-state index contributed by atoms with van der Waals surface area (Å²) in [7, 11) is 0. The molecule has 1 aliphatic heterocycles. The van der Waals surface area contributed by atoms with Gasteiger partial charge in [0.25, 0.3) is 0 Å². The van der Waals surface area contributed by atoms with Gasteiger partial charge in [0.15, 0.2) is 11.0 Å². The lowest BCUT2D eigenvalue weighted by molar-refractivity contribution is 0.0208. The molecule has 4 atom stereocenters. The summed E-state index contributed by atoms with van der Waals surface area (Å²) < 4.78 is 20.2. The van der Waals surface area contributed by atoms with Crippen molar-refractivity contribution in [2.45, 2.75) is 38.6 Å². The maximum absolute atomic E-state index is 14.4. The van der Waals surface area contributed by atoms with E-state index in [1.807, 2.05) is 20.1 Å².